The van der Waals surface area contributed by atoms with Crippen LogP contribution in [0.5, 0.6) is 0 Å². The molecule has 2 unspecified atom stereocenters. The van der Waals surface area contributed by atoms with Gasteiger partial charge in [-0.2, -0.15) is 0 Å². The molecule has 0 aromatic heterocycles. The van der Waals surface area contributed by atoms with Crippen LogP contribution in [0.15, 0.2) is 0 Å². The van der Waals surface area contributed by atoms with Crippen LogP contribution in [0.4, 0.5) is 0 Å². The Morgan fingerprint density at radius 2 is 0.522 bits per heavy atom. The number of rotatable bonds is 4. The van der Waals surface area contributed by atoms with Crippen LogP contribution in [0, 0.1) is 23.7 Å². The van der Waals surface area contributed by atoms with Gasteiger partial charge in [0.1, 0.15) is 0 Å². The molecule has 0 radical (unpaired) electrons. The summed E-state index contributed by atoms with van der Waals surface area (Å²) in [5.41, 5.74) is 0. The van der Waals surface area contributed by atoms with Gasteiger partial charge in [0.15, 0.2) is 0 Å². The van der Waals surface area contributed by atoms with E-state index >= 15 is 0 Å². The Bertz CT molecular complexity index is 88.6. The fraction of sp³-hybridized carbons (Fsp3) is 1.00. The van der Waals surface area contributed by atoms with Crippen molar-refractivity contribution in [3.05, 3.63) is 0 Å². The molecule has 0 heteroatoms. The highest BCUT2D eigenvalue weighted by molar-refractivity contribution is 4.52. The van der Waals surface area contributed by atoms with E-state index in [-0.39, 0.29) is 66.8 Å². The minimum Gasteiger partial charge on any atom is -0.0776 e. The Hall–Kier alpha value is 0. The van der Waals surface area contributed by atoms with E-state index in [4.69, 9.17) is 0 Å². The van der Waals surface area contributed by atoms with Crippen molar-refractivity contribution in [3.63, 3.8) is 0 Å². The molecule has 160 valence electrons. The molecule has 0 aromatic carbocycles. The second kappa shape index (κ2) is 49.5. The van der Waals surface area contributed by atoms with Crippen molar-refractivity contribution in [2.75, 3.05) is 0 Å². The lowest BCUT2D eigenvalue weighted by atomic mass is 9.96. The highest BCUT2D eigenvalue weighted by Crippen LogP contribution is 2.12. The standard InChI is InChI=1S/2C7H16.9CH4/c2*1-5-7(4)6(2)3;;;;;;;;;/h2*6-7H,5H2,1-4H3;9*1H4. The molecule has 0 nitrogen and oxygen atoms in total. The van der Waals surface area contributed by atoms with Crippen LogP contribution in [0.2, 0.25) is 0 Å². The van der Waals surface area contributed by atoms with Crippen molar-refractivity contribution in [2.24, 2.45) is 23.7 Å². The van der Waals surface area contributed by atoms with Crippen molar-refractivity contribution in [1.29, 1.82) is 0 Å². The molecule has 0 aliphatic heterocycles. The van der Waals surface area contributed by atoms with Crippen LogP contribution >= 0.6 is 0 Å². The molecule has 0 heterocycles. The van der Waals surface area contributed by atoms with Crippen LogP contribution in [-0.4, -0.2) is 0 Å². The highest BCUT2D eigenvalue weighted by Gasteiger charge is 2.01. The normalized spacial score (nSPS) is 9.13. The van der Waals surface area contributed by atoms with Gasteiger partial charge in [-0.05, 0) is 23.7 Å². The largest absolute Gasteiger partial charge is 0.0776 e. The Labute approximate surface area is 159 Å². The molecule has 2 atom stereocenters. The molecule has 0 fully saturated rings. The zero-order valence-corrected chi connectivity index (χ0v) is 11.7. The van der Waals surface area contributed by atoms with Gasteiger partial charge < -0.3 is 0 Å². The van der Waals surface area contributed by atoms with Crippen molar-refractivity contribution < 1.29 is 0 Å². The van der Waals surface area contributed by atoms with Crippen molar-refractivity contribution >= 4 is 0 Å². The molecule has 0 amide bonds. The fourth-order valence-electron chi connectivity index (χ4n) is 0.943. The van der Waals surface area contributed by atoms with E-state index in [1.807, 2.05) is 0 Å². The first-order valence-corrected chi connectivity index (χ1v) is 6.36. The number of hydrogen-bond donors (Lipinski definition) is 0. The molecule has 0 bridgehead atoms. The van der Waals surface area contributed by atoms with E-state index < -0.39 is 0 Å². The number of hydrogen-bond acceptors (Lipinski definition) is 0. The van der Waals surface area contributed by atoms with Crippen LogP contribution in [-0.2, 0) is 0 Å². The van der Waals surface area contributed by atoms with E-state index in [9.17, 15) is 0 Å². The third-order valence-electron chi connectivity index (χ3n) is 3.56. The second-order valence-corrected chi connectivity index (χ2v) is 5.26. The third kappa shape index (κ3) is 61.1. The van der Waals surface area contributed by atoms with Crippen LogP contribution in [0.1, 0.15) is 135 Å². The first-order chi connectivity index (χ1) is 6.36. The highest BCUT2D eigenvalue weighted by atomic mass is 14.1. The van der Waals surface area contributed by atoms with Crippen LogP contribution < -0.4 is 0 Å². The van der Waals surface area contributed by atoms with Gasteiger partial charge >= 0.3 is 0 Å². The van der Waals surface area contributed by atoms with Gasteiger partial charge in [0, 0.05) is 0 Å². The monoisotopic (exact) mass is 345 g/mol. The predicted molar refractivity (Wildman–Crippen MR) is 129 cm³/mol. The molecule has 0 aromatic rings. The van der Waals surface area contributed by atoms with E-state index in [2.05, 4.69) is 55.4 Å². The molecule has 0 N–H and O–H groups in total. The molecule has 0 aliphatic rings. The summed E-state index contributed by atoms with van der Waals surface area (Å²) < 4.78 is 0. The minimum atomic E-state index is 0. The molecule has 0 rings (SSSR count). The topological polar surface area (TPSA) is 0 Å². The third-order valence-corrected chi connectivity index (χ3v) is 3.56. The van der Waals surface area contributed by atoms with Crippen molar-refractivity contribution in [1.82, 2.24) is 0 Å². The van der Waals surface area contributed by atoms with E-state index in [1.54, 1.807) is 0 Å². The summed E-state index contributed by atoms with van der Waals surface area (Å²) in [6.45, 7) is 18.2. The molecule has 0 saturated carbocycles. The van der Waals surface area contributed by atoms with Gasteiger partial charge in [-0.25, -0.2) is 0 Å². The summed E-state index contributed by atoms with van der Waals surface area (Å²) in [6, 6.07) is 0. The predicted octanol–water partition coefficient (Wildman–Crippen LogP) is 11.1. The van der Waals surface area contributed by atoms with Gasteiger partial charge in [-0.15, -0.1) is 0 Å². The lowest BCUT2D eigenvalue weighted by Crippen LogP contribution is -2.00. The lowest BCUT2D eigenvalue weighted by Gasteiger charge is -2.10. The zero-order valence-electron chi connectivity index (χ0n) is 11.7. The van der Waals surface area contributed by atoms with Gasteiger partial charge in [-0.1, -0.05) is 135 Å². The summed E-state index contributed by atoms with van der Waals surface area (Å²) in [4.78, 5) is 0. The fourth-order valence-corrected chi connectivity index (χ4v) is 0.943. The van der Waals surface area contributed by atoms with Gasteiger partial charge in [-0.3, -0.25) is 0 Å². The molecule has 0 aliphatic carbocycles. The average molecular weight is 345 g/mol. The first-order valence-electron chi connectivity index (χ1n) is 6.36. The van der Waals surface area contributed by atoms with E-state index in [0.29, 0.717) is 0 Å². The van der Waals surface area contributed by atoms with Crippen molar-refractivity contribution in [2.45, 2.75) is 135 Å². The second-order valence-electron chi connectivity index (χ2n) is 5.26. The Morgan fingerprint density at radius 1 is 0.391 bits per heavy atom. The van der Waals surface area contributed by atoms with E-state index in [0.717, 1.165) is 23.7 Å². The maximum Gasteiger partial charge on any atom is -0.0422 e. The summed E-state index contributed by atoms with van der Waals surface area (Å²) in [6.07, 6.45) is 2.63. The van der Waals surface area contributed by atoms with Gasteiger partial charge in [0.05, 0.1) is 0 Å². The quantitative estimate of drug-likeness (QED) is 0.475. The van der Waals surface area contributed by atoms with Crippen LogP contribution in [0.3, 0.4) is 0 Å². The summed E-state index contributed by atoms with van der Waals surface area (Å²) in [5, 5.41) is 0. The maximum absolute atomic E-state index is 2.30. The molecule has 0 saturated heterocycles. The Balaban J connectivity index is -0.00000001000. The minimum absolute atomic E-state index is 0. The first kappa shape index (κ1) is 77.3. The summed E-state index contributed by atoms with van der Waals surface area (Å²) >= 11 is 0. The van der Waals surface area contributed by atoms with Gasteiger partial charge in [0.2, 0.25) is 0 Å². The molecule has 23 heavy (non-hydrogen) atoms. The Morgan fingerprint density at radius 3 is 0.522 bits per heavy atom. The maximum atomic E-state index is 2.30. The van der Waals surface area contributed by atoms with Crippen molar-refractivity contribution in [3.8, 4) is 0 Å². The van der Waals surface area contributed by atoms with E-state index in [1.165, 1.54) is 12.8 Å². The molecular formula is C23H68. The van der Waals surface area contributed by atoms with Gasteiger partial charge in [0.25, 0.3) is 0 Å². The average Bonchev–Trinajstić information content (AvgIpc) is 2.15. The molecular weight excluding hydrogens is 276 g/mol. The summed E-state index contributed by atoms with van der Waals surface area (Å²) in [5.74, 6) is 3.54. The SMILES string of the molecule is C.C.C.C.C.C.C.C.C.CCC(C)C(C)C.CCC(C)C(C)C. The molecule has 0 spiro atoms. The zero-order chi connectivity index (χ0) is 11.7. The lowest BCUT2D eigenvalue weighted by molar-refractivity contribution is 0.407. The smallest absolute Gasteiger partial charge is 0.0422 e. The Kier molecular flexibility index (Phi) is 166. The summed E-state index contributed by atoms with van der Waals surface area (Å²) in [7, 11) is 0. The van der Waals surface area contributed by atoms with Crippen LogP contribution in [0.25, 0.3) is 0 Å².